The molecular weight excluding hydrogens is 154 g/mol. The first-order chi connectivity index (χ1) is 5.75. The summed E-state index contributed by atoms with van der Waals surface area (Å²) >= 11 is 0. The fraction of sp³-hybridized carbons (Fsp3) is 0.889. The van der Waals surface area contributed by atoms with Crippen molar-refractivity contribution in [2.75, 3.05) is 6.61 Å². The van der Waals surface area contributed by atoms with E-state index in [1.807, 2.05) is 6.92 Å². The summed E-state index contributed by atoms with van der Waals surface area (Å²) in [7, 11) is 0. The zero-order valence-electron chi connectivity index (χ0n) is 7.71. The van der Waals surface area contributed by atoms with Crippen LogP contribution in [0.1, 0.15) is 32.6 Å². The maximum absolute atomic E-state index is 11.3. The van der Waals surface area contributed by atoms with E-state index in [4.69, 9.17) is 4.74 Å². The summed E-state index contributed by atoms with van der Waals surface area (Å²) in [5.74, 6) is 0.0240. The molecule has 70 valence electrons. The predicted octanol–water partition coefficient (Wildman–Crippen LogP) is 0.350. The van der Waals surface area contributed by atoms with Crippen LogP contribution in [0, 0.1) is 5.92 Å². The molecule has 1 aliphatic rings. The van der Waals surface area contributed by atoms with Gasteiger partial charge in [0.05, 0.1) is 12.6 Å². The molecule has 0 aromatic rings. The lowest BCUT2D eigenvalue weighted by molar-refractivity contribution is -0.435. The van der Waals surface area contributed by atoms with E-state index in [1.165, 1.54) is 6.42 Å². The summed E-state index contributed by atoms with van der Waals surface area (Å²) in [6, 6.07) is 0.276. The third-order valence-corrected chi connectivity index (χ3v) is 2.50. The second kappa shape index (κ2) is 4.45. The van der Waals surface area contributed by atoms with Gasteiger partial charge in [-0.2, -0.15) is 0 Å². The van der Waals surface area contributed by atoms with Gasteiger partial charge < -0.3 is 10.5 Å². The monoisotopic (exact) mass is 172 g/mol. The lowest BCUT2D eigenvalue weighted by Crippen LogP contribution is -2.66. The number of rotatable bonds is 2. The normalized spacial score (nSPS) is 29.8. The smallest absolute Gasteiger partial charge is 0.314 e. The van der Waals surface area contributed by atoms with Crippen molar-refractivity contribution in [2.24, 2.45) is 5.92 Å². The van der Waals surface area contributed by atoms with Crippen molar-refractivity contribution < 1.29 is 15.3 Å². The molecule has 0 bridgehead atoms. The minimum Gasteiger partial charge on any atom is -0.466 e. The number of hydrogen-bond donors (Lipinski definition) is 1. The van der Waals surface area contributed by atoms with Crippen LogP contribution in [0.15, 0.2) is 0 Å². The molecule has 3 N–H and O–H groups in total. The van der Waals surface area contributed by atoms with Gasteiger partial charge in [0, 0.05) is 6.42 Å². The topological polar surface area (TPSA) is 53.9 Å². The summed E-state index contributed by atoms with van der Waals surface area (Å²) < 4.78 is 4.97. The van der Waals surface area contributed by atoms with Gasteiger partial charge in [-0.25, -0.2) is 0 Å². The van der Waals surface area contributed by atoms with E-state index >= 15 is 0 Å². The minimum absolute atomic E-state index is 0.0443. The number of quaternary nitrogens is 1. The second-order valence-electron chi connectivity index (χ2n) is 3.40. The van der Waals surface area contributed by atoms with Crippen LogP contribution < -0.4 is 5.73 Å². The highest BCUT2D eigenvalue weighted by molar-refractivity contribution is 5.73. The Balaban J connectivity index is 2.42. The van der Waals surface area contributed by atoms with Crippen LogP contribution in [0.5, 0.6) is 0 Å². The molecular formula is C9H18NO2+. The summed E-state index contributed by atoms with van der Waals surface area (Å²) in [5, 5.41) is 0. The summed E-state index contributed by atoms with van der Waals surface area (Å²) in [4.78, 5) is 11.3. The molecule has 0 aromatic heterocycles. The lowest BCUT2D eigenvalue weighted by atomic mass is 9.85. The number of carbonyl (C=O) groups excluding carboxylic acids is 1. The molecule has 0 amide bonds. The van der Waals surface area contributed by atoms with Crippen LogP contribution in [-0.2, 0) is 9.53 Å². The van der Waals surface area contributed by atoms with Gasteiger partial charge in [-0.1, -0.05) is 6.42 Å². The van der Waals surface area contributed by atoms with Gasteiger partial charge in [0.15, 0.2) is 0 Å². The SMILES string of the molecule is CCOC(=O)[C@H]1CCCC[C@H]1[NH3+]. The van der Waals surface area contributed by atoms with Gasteiger partial charge >= 0.3 is 5.97 Å². The minimum atomic E-state index is -0.0443. The van der Waals surface area contributed by atoms with Gasteiger partial charge in [-0.3, -0.25) is 4.79 Å². The zero-order chi connectivity index (χ0) is 8.97. The fourth-order valence-electron chi connectivity index (χ4n) is 1.77. The third-order valence-electron chi connectivity index (χ3n) is 2.50. The van der Waals surface area contributed by atoms with Crippen molar-refractivity contribution in [1.29, 1.82) is 0 Å². The molecule has 0 heterocycles. The number of hydrogen-bond acceptors (Lipinski definition) is 2. The zero-order valence-corrected chi connectivity index (χ0v) is 7.71. The molecule has 1 saturated carbocycles. The van der Waals surface area contributed by atoms with E-state index in [9.17, 15) is 4.79 Å². The maximum Gasteiger partial charge on any atom is 0.314 e. The maximum atomic E-state index is 11.3. The van der Waals surface area contributed by atoms with Crippen LogP contribution in [0.2, 0.25) is 0 Å². The Hall–Kier alpha value is -0.570. The second-order valence-corrected chi connectivity index (χ2v) is 3.40. The van der Waals surface area contributed by atoms with Crippen molar-refractivity contribution in [3.05, 3.63) is 0 Å². The molecule has 0 unspecified atom stereocenters. The lowest BCUT2D eigenvalue weighted by Gasteiger charge is -2.23. The molecule has 0 saturated heterocycles. The predicted molar refractivity (Wildman–Crippen MR) is 45.3 cm³/mol. The van der Waals surface area contributed by atoms with E-state index in [2.05, 4.69) is 5.73 Å². The summed E-state index contributed by atoms with van der Waals surface area (Å²) in [6.45, 7) is 2.33. The summed E-state index contributed by atoms with van der Waals surface area (Å²) in [5.41, 5.74) is 3.98. The third kappa shape index (κ3) is 2.21. The Bertz CT molecular complexity index is 159. The Morgan fingerprint density at radius 1 is 1.50 bits per heavy atom. The molecule has 12 heavy (non-hydrogen) atoms. The van der Waals surface area contributed by atoms with Crippen LogP contribution in [0.25, 0.3) is 0 Å². The number of carbonyl (C=O) groups is 1. The Morgan fingerprint density at radius 3 is 2.75 bits per heavy atom. The molecule has 0 aromatic carbocycles. The molecule has 2 atom stereocenters. The molecule has 1 aliphatic carbocycles. The average molecular weight is 172 g/mol. The van der Waals surface area contributed by atoms with Gasteiger partial charge in [0.1, 0.15) is 5.92 Å². The van der Waals surface area contributed by atoms with Crippen LogP contribution in [0.3, 0.4) is 0 Å². The largest absolute Gasteiger partial charge is 0.466 e. The van der Waals surface area contributed by atoms with Gasteiger partial charge in [0.25, 0.3) is 0 Å². The first-order valence-electron chi connectivity index (χ1n) is 4.75. The molecule has 0 aliphatic heterocycles. The highest BCUT2D eigenvalue weighted by Crippen LogP contribution is 2.22. The standard InChI is InChI=1S/C9H17NO2/c1-2-12-9(11)7-5-3-4-6-8(7)10/h7-8H,2-6,10H2,1H3/p+1/t7-,8+/m0/s1. The number of ether oxygens (including phenoxy) is 1. The molecule has 0 radical (unpaired) electrons. The highest BCUT2D eigenvalue weighted by atomic mass is 16.5. The highest BCUT2D eigenvalue weighted by Gasteiger charge is 2.31. The van der Waals surface area contributed by atoms with Crippen molar-refractivity contribution in [1.82, 2.24) is 0 Å². The van der Waals surface area contributed by atoms with Crippen LogP contribution >= 0.6 is 0 Å². The van der Waals surface area contributed by atoms with E-state index < -0.39 is 0 Å². The quantitative estimate of drug-likeness (QED) is 0.611. The average Bonchev–Trinajstić information content (AvgIpc) is 2.05. The van der Waals surface area contributed by atoms with Crippen molar-refractivity contribution >= 4 is 5.97 Å². The van der Waals surface area contributed by atoms with E-state index in [1.54, 1.807) is 0 Å². The van der Waals surface area contributed by atoms with Crippen molar-refractivity contribution in [3.63, 3.8) is 0 Å². The fourth-order valence-corrected chi connectivity index (χ4v) is 1.77. The van der Waals surface area contributed by atoms with Gasteiger partial charge in [-0.05, 0) is 19.8 Å². The molecule has 1 rings (SSSR count). The number of esters is 1. The summed E-state index contributed by atoms with van der Waals surface area (Å²) in [6.07, 6.45) is 4.40. The van der Waals surface area contributed by atoms with Crippen LogP contribution in [0.4, 0.5) is 0 Å². The first kappa shape index (κ1) is 9.52. The van der Waals surface area contributed by atoms with Gasteiger partial charge in [0.2, 0.25) is 0 Å². The Labute approximate surface area is 73.3 Å². The molecule has 0 spiro atoms. The van der Waals surface area contributed by atoms with Crippen molar-refractivity contribution in [3.8, 4) is 0 Å². The molecule has 1 fully saturated rings. The molecule has 3 nitrogen and oxygen atoms in total. The van der Waals surface area contributed by atoms with E-state index in [-0.39, 0.29) is 17.9 Å². The Morgan fingerprint density at radius 2 is 2.17 bits per heavy atom. The first-order valence-corrected chi connectivity index (χ1v) is 4.75. The molecule has 3 heteroatoms. The van der Waals surface area contributed by atoms with E-state index in [0.29, 0.717) is 6.61 Å². The van der Waals surface area contributed by atoms with Gasteiger partial charge in [-0.15, -0.1) is 0 Å². The van der Waals surface area contributed by atoms with Crippen LogP contribution in [-0.4, -0.2) is 18.6 Å². The van der Waals surface area contributed by atoms with E-state index in [0.717, 1.165) is 19.3 Å². The Kier molecular flexibility index (Phi) is 3.53. The van der Waals surface area contributed by atoms with Crippen molar-refractivity contribution in [2.45, 2.75) is 38.6 Å².